The molecule has 0 atom stereocenters. The van der Waals surface area contributed by atoms with Crippen LogP contribution in [-0.4, -0.2) is 0 Å². The normalized spacial score (nSPS) is 12.9. The summed E-state index contributed by atoms with van der Waals surface area (Å²) in [5, 5.41) is 5.47. The Bertz CT molecular complexity index is 1390. The van der Waals surface area contributed by atoms with Crippen molar-refractivity contribution in [3.63, 3.8) is 0 Å². The Labute approximate surface area is 177 Å². The first-order valence-electron chi connectivity index (χ1n) is 10.6. The largest absolute Gasteiger partial charge is 0.0795 e. The summed E-state index contributed by atoms with van der Waals surface area (Å²) in [6.45, 7) is 0. The summed E-state index contributed by atoms with van der Waals surface area (Å²) in [6.07, 6.45) is 6.65. The Kier molecular flexibility index (Phi) is 4.02. The lowest BCUT2D eigenvalue weighted by Gasteiger charge is -2.08. The molecule has 0 nitrogen and oxygen atoms in total. The first-order chi connectivity index (χ1) is 14.9. The molecule has 0 bridgehead atoms. The van der Waals surface area contributed by atoms with Crippen LogP contribution in [0.4, 0.5) is 0 Å². The lowest BCUT2D eigenvalue weighted by Crippen LogP contribution is -1.86. The molecule has 0 unspecified atom stereocenters. The molecule has 0 N–H and O–H groups in total. The average Bonchev–Trinajstić information content (AvgIpc) is 3.44. The molecular weight excluding hydrogens is 360 g/mol. The van der Waals surface area contributed by atoms with Crippen LogP contribution in [0.2, 0.25) is 0 Å². The molecule has 30 heavy (non-hydrogen) atoms. The summed E-state index contributed by atoms with van der Waals surface area (Å²) in [6, 6.07) is 34.9. The third-order valence-electron chi connectivity index (χ3n) is 6.40. The zero-order valence-corrected chi connectivity index (χ0v) is 16.8. The van der Waals surface area contributed by atoms with Crippen molar-refractivity contribution in [2.24, 2.45) is 0 Å². The van der Waals surface area contributed by atoms with Crippen LogP contribution < -0.4 is 0 Å². The summed E-state index contributed by atoms with van der Waals surface area (Å²) in [4.78, 5) is 0. The number of hydrogen-bond donors (Lipinski definition) is 0. The second-order valence-corrected chi connectivity index (χ2v) is 8.11. The molecule has 0 saturated heterocycles. The van der Waals surface area contributed by atoms with Gasteiger partial charge < -0.3 is 0 Å². The second-order valence-electron chi connectivity index (χ2n) is 8.11. The Hall–Kier alpha value is -3.64. The first kappa shape index (κ1) is 17.2. The van der Waals surface area contributed by atoms with Gasteiger partial charge in [0.2, 0.25) is 0 Å². The molecule has 2 aliphatic rings. The Morgan fingerprint density at radius 3 is 1.97 bits per heavy atom. The molecule has 7 rings (SSSR count). The van der Waals surface area contributed by atoms with Crippen LogP contribution in [0.15, 0.2) is 103 Å². The van der Waals surface area contributed by atoms with E-state index in [1.54, 1.807) is 0 Å². The van der Waals surface area contributed by atoms with Crippen molar-refractivity contribution in [2.75, 3.05) is 0 Å². The fourth-order valence-electron chi connectivity index (χ4n) is 4.93. The van der Waals surface area contributed by atoms with Gasteiger partial charge in [-0.1, -0.05) is 109 Å². The highest BCUT2D eigenvalue weighted by Gasteiger charge is 2.16. The van der Waals surface area contributed by atoms with Crippen molar-refractivity contribution in [1.82, 2.24) is 0 Å². The topological polar surface area (TPSA) is 0 Å². The Balaban J connectivity index is 0.000000121. The van der Waals surface area contributed by atoms with E-state index in [0.29, 0.717) is 0 Å². The van der Waals surface area contributed by atoms with E-state index in [0.717, 1.165) is 12.8 Å². The molecule has 0 amide bonds. The van der Waals surface area contributed by atoms with Gasteiger partial charge in [-0.3, -0.25) is 0 Å². The van der Waals surface area contributed by atoms with Gasteiger partial charge in [0.15, 0.2) is 0 Å². The zero-order chi connectivity index (χ0) is 19.9. The van der Waals surface area contributed by atoms with Gasteiger partial charge in [-0.05, 0) is 67.8 Å². The van der Waals surface area contributed by atoms with Crippen LogP contribution in [-0.2, 0) is 12.8 Å². The number of benzene rings is 5. The van der Waals surface area contributed by atoms with Crippen LogP contribution in [0.5, 0.6) is 0 Å². The van der Waals surface area contributed by atoms with Crippen molar-refractivity contribution in [3.8, 4) is 11.1 Å². The molecule has 0 heteroatoms. The minimum Gasteiger partial charge on any atom is -0.0795 e. The average molecular weight is 383 g/mol. The smallest absolute Gasteiger partial charge is 0.00135 e. The number of allylic oxidation sites excluding steroid dienone is 1. The molecule has 0 heterocycles. The van der Waals surface area contributed by atoms with Crippen LogP contribution >= 0.6 is 0 Å². The van der Waals surface area contributed by atoms with E-state index in [9.17, 15) is 0 Å². The van der Waals surface area contributed by atoms with Crippen LogP contribution in [0.1, 0.15) is 22.3 Å². The predicted octanol–water partition coefficient (Wildman–Crippen LogP) is 7.82. The summed E-state index contributed by atoms with van der Waals surface area (Å²) in [5.41, 5.74) is 8.62. The SMILES string of the molecule is C1=Cc2ccc3c(ccc4ccccc43)c2C1.c1ccc2c(c1)Cc1ccccc1-2. The molecular formula is C30H22. The number of rotatable bonds is 0. The fourth-order valence-corrected chi connectivity index (χ4v) is 4.93. The number of hydrogen-bond acceptors (Lipinski definition) is 0. The number of fused-ring (bicyclic) bond motifs is 8. The lowest BCUT2D eigenvalue weighted by molar-refractivity contribution is 1.26. The molecule has 0 spiro atoms. The molecule has 2 aliphatic carbocycles. The molecule has 0 aromatic heterocycles. The minimum atomic E-state index is 1.07. The van der Waals surface area contributed by atoms with E-state index < -0.39 is 0 Å². The monoisotopic (exact) mass is 382 g/mol. The maximum absolute atomic E-state index is 2.27. The second kappa shape index (κ2) is 7.00. The van der Waals surface area contributed by atoms with Gasteiger partial charge in [0.25, 0.3) is 0 Å². The third-order valence-corrected chi connectivity index (χ3v) is 6.40. The molecule has 0 fully saturated rings. The van der Waals surface area contributed by atoms with E-state index in [1.165, 1.54) is 54.9 Å². The van der Waals surface area contributed by atoms with Gasteiger partial charge >= 0.3 is 0 Å². The molecule has 0 aliphatic heterocycles. The van der Waals surface area contributed by atoms with Crippen LogP contribution in [0, 0.1) is 0 Å². The van der Waals surface area contributed by atoms with Crippen molar-refractivity contribution in [2.45, 2.75) is 12.8 Å². The molecule has 0 radical (unpaired) electrons. The highest BCUT2D eigenvalue weighted by molar-refractivity contribution is 6.09. The highest BCUT2D eigenvalue weighted by atomic mass is 14.2. The lowest BCUT2D eigenvalue weighted by atomic mass is 9.96. The highest BCUT2D eigenvalue weighted by Crippen LogP contribution is 2.36. The summed E-state index contributed by atoms with van der Waals surface area (Å²) < 4.78 is 0. The van der Waals surface area contributed by atoms with Crippen molar-refractivity contribution in [3.05, 3.63) is 125 Å². The van der Waals surface area contributed by atoms with Gasteiger partial charge in [0, 0.05) is 0 Å². The summed E-state index contributed by atoms with van der Waals surface area (Å²) in [7, 11) is 0. The predicted molar refractivity (Wildman–Crippen MR) is 129 cm³/mol. The Morgan fingerprint density at radius 2 is 1.17 bits per heavy atom. The van der Waals surface area contributed by atoms with Gasteiger partial charge in [-0.25, -0.2) is 0 Å². The Morgan fingerprint density at radius 1 is 0.500 bits per heavy atom. The molecule has 5 aromatic rings. The fraction of sp³-hybridized carbons (Fsp3) is 0.0667. The zero-order valence-electron chi connectivity index (χ0n) is 16.8. The van der Waals surface area contributed by atoms with Crippen molar-refractivity contribution < 1.29 is 0 Å². The van der Waals surface area contributed by atoms with E-state index in [4.69, 9.17) is 0 Å². The maximum atomic E-state index is 2.27. The molecule has 142 valence electrons. The minimum absolute atomic E-state index is 1.07. The first-order valence-corrected chi connectivity index (χ1v) is 10.6. The van der Waals surface area contributed by atoms with Crippen LogP contribution in [0.3, 0.4) is 0 Å². The van der Waals surface area contributed by atoms with E-state index in [2.05, 4.69) is 109 Å². The van der Waals surface area contributed by atoms with Gasteiger partial charge in [-0.15, -0.1) is 0 Å². The van der Waals surface area contributed by atoms with Gasteiger partial charge in [0.1, 0.15) is 0 Å². The molecule has 0 saturated carbocycles. The standard InChI is InChI=1S/C17H12.C13H10/c1-2-6-14-12(4-1)8-10-17-15-7-3-5-13(15)9-11-16(14)17;1-3-7-12-10(5-1)9-11-6-2-4-8-13(11)12/h1-6,8-11H,7H2;1-8H,9H2. The van der Waals surface area contributed by atoms with E-state index in [1.807, 2.05) is 0 Å². The van der Waals surface area contributed by atoms with Crippen molar-refractivity contribution >= 4 is 27.6 Å². The van der Waals surface area contributed by atoms with Gasteiger partial charge in [0.05, 0.1) is 0 Å². The van der Waals surface area contributed by atoms with Crippen molar-refractivity contribution in [1.29, 1.82) is 0 Å². The summed E-state index contributed by atoms with van der Waals surface area (Å²) >= 11 is 0. The summed E-state index contributed by atoms with van der Waals surface area (Å²) in [5.74, 6) is 0. The quantitative estimate of drug-likeness (QED) is 0.235. The maximum Gasteiger partial charge on any atom is -0.00135 e. The van der Waals surface area contributed by atoms with Gasteiger partial charge in [-0.2, -0.15) is 0 Å². The third kappa shape index (κ3) is 2.76. The van der Waals surface area contributed by atoms with E-state index in [-0.39, 0.29) is 0 Å². The van der Waals surface area contributed by atoms with E-state index >= 15 is 0 Å². The van der Waals surface area contributed by atoms with Crippen LogP contribution in [0.25, 0.3) is 38.7 Å². The molecule has 5 aromatic carbocycles.